The number of likely N-dealkylation sites (tertiary alicyclic amines) is 2. The minimum Gasteiger partial charge on any atom is -0.481 e. The maximum absolute atomic E-state index is 12.4. The molecule has 2 saturated heterocycles. The maximum Gasteiger partial charge on any atom is 0.320 e. The predicted molar refractivity (Wildman–Crippen MR) is 68.8 cm³/mol. The third-order valence-electron chi connectivity index (χ3n) is 4.34. The Morgan fingerprint density at radius 1 is 1.32 bits per heavy atom. The molecule has 0 saturated carbocycles. The van der Waals surface area contributed by atoms with E-state index in [9.17, 15) is 19.8 Å². The molecule has 19 heavy (non-hydrogen) atoms. The summed E-state index contributed by atoms with van der Waals surface area (Å²) in [5.41, 5.74) is -0.833. The van der Waals surface area contributed by atoms with E-state index in [-0.39, 0.29) is 25.2 Å². The number of amides is 2. The lowest BCUT2D eigenvalue weighted by molar-refractivity contribution is -0.147. The first kappa shape index (κ1) is 14.1. The molecule has 0 aromatic heterocycles. The minimum atomic E-state index is -0.847. The Balaban J connectivity index is 2.02. The largest absolute Gasteiger partial charge is 0.481 e. The lowest BCUT2D eigenvalue weighted by Crippen LogP contribution is -2.51. The SMILES string of the molecule is CC1(C(=O)O)CCN(C(=O)N2CCCCC2CO)C1. The molecular formula is C13H22N2O4. The number of rotatable bonds is 2. The van der Waals surface area contributed by atoms with Gasteiger partial charge in [0.1, 0.15) is 0 Å². The zero-order chi connectivity index (χ0) is 14.0. The molecule has 6 heteroatoms. The molecule has 2 aliphatic rings. The van der Waals surface area contributed by atoms with Gasteiger partial charge in [-0.25, -0.2) is 4.79 Å². The molecule has 2 heterocycles. The smallest absolute Gasteiger partial charge is 0.320 e. The van der Waals surface area contributed by atoms with Crippen LogP contribution >= 0.6 is 0 Å². The van der Waals surface area contributed by atoms with Crippen molar-refractivity contribution < 1.29 is 19.8 Å². The molecule has 6 nitrogen and oxygen atoms in total. The summed E-state index contributed by atoms with van der Waals surface area (Å²) < 4.78 is 0. The van der Waals surface area contributed by atoms with E-state index >= 15 is 0 Å². The van der Waals surface area contributed by atoms with Crippen molar-refractivity contribution >= 4 is 12.0 Å². The summed E-state index contributed by atoms with van der Waals surface area (Å²) in [7, 11) is 0. The monoisotopic (exact) mass is 270 g/mol. The van der Waals surface area contributed by atoms with E-state index in [0.29, 0.717) is 19.5 Å². The molecule has 2 N–H and O–H groups in total. The van der Waals surface area contributed by atoms with Crippen molar-refractivity contribution in [2.24, 2.45) is 5.41 Å². The van der Waals surface area contributed by atoms with Crippen LogP contribution < -0.4 is 0 Å². The lowest BCUT2D eigenvalue weighted by Gasteiger charge is -2.37. The number of aliphatic hydroxyl groups excluding tert-OH is 1. The van der Waals surface area contributed by atoms with Gasteiger partial charge in [0.05, 0.1) is 18.1 Å². The van der Waals surface area contributed by atoms with Crippen molar-refractivity contribution in [1.29, 1.82) is 0 Å². The van der Waals surface area contributed by atoms with Crippen LogP contribution in [0.25, 0.3) is 0 Å². The summed E-state index contributed by atoms with van der Waals surface area (Å²) in [4.78, 5) is 26.9. The average Bonchev–Trinajstić information content (AvgIpc) is 2.82. The Morgan fingerprint density at radius 2 is 2.05 bits per heavy atom. The molecule has 0 bridgehead atoms. The Hall–Kier alpha value is -1.30. The molecule has 0 aliphatic carbocycles. The van der Waals surface area contributed by atoms with Crippen LogP contribution in [0.3, 0.4) is 0 Å². The molecule has 2 fully saturated rings. The molecule has 2 aliphatic heterocycles. The van der Waals surface area contributed by atoms with Gasteiger partial charge in [0.25, 0.3) is 0 Å². The number of carboxylic acids is 1. The van der Waals surface area contributed by atoms with Gasteiger partial charge >= 0.3 is 12.0 Å². The van der Waals surface area contributed by atoms with Crippen LogP contribution in [0.4, 0.5) is 4.79 Å². The highest BCUT2D eigenvalue weighted by molar-refractivity contribution is 5.79. The molecule has 0 aromatic rings. The van der Waals surface area contributed by atoms with Crippen LogP contribution in [0.15, 0.2) is 0 Å². The molecule has 108 valence electrons. The summed E-state index contributed by atoms with van der Waals surface area (Å²) in [6.07, 6.45) is 3.30. The highest BCUT2D eigenvalue weighted by Crippen LogP contribution is 2.31. The Bertz CT molecular complexity index is 374. The summed E-state index contributed by atoms with van der Waals surface area (Å²) >= 11 is 0. The second-order valence-electron chi connectivity index (χ2n) is 5.85. The van der Waals surface area contributed by atoms with E-state index < -0.39 is 11.4 Å². The number of piperidine rings is 1. The number of carboxylic acid groups (broad SMARTS) is 1. The van der Waals surface area contributed by atoms with Crippen molar-refractivity contribution in [3.8, 4) is 0 Å². The molecule has 2 unspecified atom stereocenters. The number of carbonyl (C=O) groups excluding carboxylic acids is 1. The maximum atomic E-state index is 12.4. The van der Waals surface area contributed by atoms with E-state index in [1.165, 1.54) is 0 Å². The second kappa shape index (κ2) is 5.36. The zero-order valence-corrected chi connectivity index (χ0v) is 11.3. The highest BCUT2D eigenvalue weighted by Gasteiger charge is 2.43. The quantitative estimate of drug-likeness (QED) is 0.776. The van der Waals surface area contributed by atoms with E-state index in [1.807, 2.05) is 0 Å². The standard InChI is InChI=1S/C13H22N2O4/c1-13(11(17)18)5-7-14(9-13)12(19)15-6-3-2-4-10(15)8-16/h10,16H,2-9H2,1H3,(H,17,18). The summed E-state index contributed by atoms with van der Waals surface area (Å²) in [5.74, 6) is -0.847. The third-order valence-corrected chi connectivity index (χ3v) is 4.34. The Morgan fingerprint density at radius 3 is 2.63 bits per heavy atom. The topological polar surface area (TPSA) is 81.1 Å². The van der Waals surface area contributed by atoms with Crippen LogP contribution in [0.5, 0.6) is 0 Å². The molecule has 0 spiro atoms. The summed E-state index contributed by atoms with van der Waals surface area (Å²) in [6.45, 7) is 3.06. The van der Waals surface area contributed by atoms with Gasteiger partial charge < -0.3 is 20.0 Å². The highest BCUT2D eigenvalue weighted by atomic mass is 16.4. The van der Waals surface area contributed by atoms with Crippen molar-refractivity contribution in [2.45, 2.75) is 38.6 Å². The molecule has 0 aromatic carbocycles. The van der Waals surface area contributed by atoms with Crippen LogP contribution in [0.2, 0.25) is 0 Å². The van der Waals surface area contributed by atoms with Gasteiger partial charge in [-0.2, -0.15) is 0 Å². The number of hydrogen-bond donors (Lipinski definition) is 2. The van der Waals surface area contributed by atoms with Gasteiger partial charge in [-0.1, -0.05) is 0 Å². The number of urea groups is 1. The van der Waals surface area contributed by atoms with Crippen LogP contribution in [0, 0.1) is 5.41 Å². The van der Waals surface area contributed by atoms with Gasteiger partial charge in [0.15, 0.2) is 0 Å². The van der Waals surface area contributed by atoms with E-state index in [2.05, 4.69) is 0 Å². The summed E-state index contributed by atoms with van der Waals surface area (Å²) in [6, 6.07) is -0.235. The molecular weight excluding hydrogens is 248 g/mol. The number of carbonyl (C=O) groups is 2. The third kappa shape index (κ3) is 2.68. The number of nitrogens with zero attached hydrogens (tertiary/aromatic N) is 2. The Labute approximate surface area is 113 Å². The first-order chi connectivity index (χ1) is 8.98. The van der Waals surface area contributed by atoms with Crippen molar-refractivity contribution in [2.75, 3.05) is 26.2 Å². The fourth-order valence-electron chi connectivity index (χ4n) is 2.92. The van der Waals surface area contributed by atoms with Crippen molar-refractivity contribution in [1.82, 2.24) is 9.80 Å². The molecule has 2 rings (SSSR count). The van der Waals surface area contributed by atoms with Gasteiger partial charge in [-0.05, 0) is 32.6 Å². The molecule has 0 radical (unpaired) electrons. The minimum absolute atomic E-state index is 0.0181. The van der Waals surface area contributed by atoms with Gasteiger partial charge in [0, 0.05) is 19.6 Å². The Kier molecular flexibility index (Phi) is 3.99. The van der Waals surface area contributed by atoms with Crippen molar-refractivity contribution in [3.05, 3.63) is 0 Å². The lowest BCUT2D eigenvalue weighted by atomic mass is 9.90. The predicted octanol–water partition coefficient (Wildman–Crippen LogP) is 0.750. The second-order valence-corrected chi connectivity index (χ2v) is 5.85. The zero-order valence-electron chi connectivity index (χ0n) is 11.3. The summed E-state index contributed by atoms with van der Waals surface area (Å²) in [5, 5.41) is 18.5. The fraction of sp³-hybridized carbons (Fsp3) is 0.846. The van der Waals surface area contributed by atoms with Crippen molar-refractivity contribution in [3.63, 3.8) is 0 Å². The van der Waals surface area contributed by atoms with Gasteiger partial charge in [-0.3, -0.25) is 4.79 Å². The fourth-order valence-corrected chi connectivity index (χ4v) is 2.92. The van der Waals surface area contributed by atoms with Crippen LogP contribution in [-0.2, 0) is 4.79 Å². The van der Waals surface area contributed by atoms with E-state index in [1.54, 1.807) is 16.7 Å². The van der Waals surface area contributed by atoms with Crippen LogP contribution in [-0.4, -0.2) is 64.3 Å². The average molecular weight is 270 g/mol. The van der Waals surface area contributed by atoms with Gasteiger partial charge in [-0.15, -0.1) is 0 Å². The first-order valence-corrected chi connectivity index (χ1v) is 6.88. The first-order valence-electron chi connectivity index (χ1n) is 6.88. The van der Waals surface area contributed by atoms with E-state index in [4.69, 9.17) is 0 Å². The number of aliphatic carboxylic acids is 1. The van der Waals surface area contributed by atoms with Crippen LogP contribution in [0.1, 0.15) is 32.6 Å². The molecule has 2 atom stereocenters. The number of aliphatic hydroxyl groups is 1. The van der Waals surface area contributed by atoms with E-state index in [0.717, 1.165) is 19.3 Å². The normalized spacial score (nSPS) is 31.6. The number of hydrogen-bond acceptors (Lipinski definition) is 3. The van der Waals surface area contributed by atoms with Gasteiger partial charge in [0.2, 0.25) is 0 Å². The molecule has 2 amide bonds.